The Hall–Kier alpha value is -2.01. The molecule has 1 fully saturated rings. The van der Waals surface area contributed by atoms with Gasteiger partial charge < -0.3 is 10.2 Å². The molecule has 1 aliphatic carbocycles. The van der Waals surface area contributed by atoms with Crippen molar-refractivity contribution in [1.29, 1.82) is 0 Å². The van der Waals surface area contributed by atoms with Gasteiger partial charge in [0.1, 0.15) is 0 Å². The van der Waals surface area contributed by atoms with Crippen LogP contribution in [0.25, 0.3) is 5.69 Å². The van der Waals surface area contributed by atoms with Crippen LogP contribution in [0.3, 0.4) is 0 Å². The Balaban J connectivity index is 1.55. The SMILES string of the molecule is CC(C)CCN(C(=O)NCc1cnn(-c2ccc(Cl)cc2)c1)C1CC1. The zero-order valence-electron chi connectivity index (χ0n) is 14.8. The van der Waals surface area contributed by atoms with Crippen LogP contribution in [-0.4, -0.2) is 33.3 Å². The number of hydrogen-bond donors (Lipinski definition) is 1. The number of aromatic nitrogens is 2. The molecule has 0 spiro atoms. The first-order valence-corrected chi connectivity index (χ1v) is 9.24. The molecule has 1 aromatic heterocycles. The van der Waals surface area contributed by atoms with Gasteiger partial charge in [0.05, 0.1) is 11.9 Å². The van der Waals surface area contributed by atoms with Gasteiger partial charge in [-0.05, 0) is 49.4 Å². The van der Waals surface area contributed by atoms with Gasteiger partial charge in [0, 0.05) is 35.9 Å². The first-order chi connectivity index (χ1) is 12.0. The molecule has 1 aliphatic rings. The smallest absolute Gasteiger partial charge is 0.317 e. The molecule has 0 atom stereocenters. The average Bonchev–Trinajstić information content (AvgIpc) is 3.31. The Bertz CT molecular complexity index is 706. The standard InChI is InChI=1S/C19H25ClN4O/c1-14(2)9-10-23(17-7-8-17)19(25)21-11-15-12-22-24(13-15)18-5-3-16(20)4-6-18/h3-6,12-14,17H,7-11H2,1-2H3,(H,21,25). The molecule has 5 nitrogen and oxygen atoms in total. The summed E-state index contributed by atoms with van der Waals surface area (Å²) in [4.78, 5) is 14.5. The van der Waals surface area contributed by atoms with Gasteiger partial charge in [-0.15, -0.1) is 0 Å². The van der Waals surface area contributed by atoms with Crippen molar-refractivity contribution in [3.05, 3.63) is 47.2 Å². The summed E-state index contributed by atoms with van der Waals surface area (Å²) in [6.45, 7) is 5.69. The highest BCUT2D eigenvalue weighted by atomic mass is 35.5. The molecule has 0 bridgehead atoms. The van der Waals surface area contributed by atoms with Gasteiger partial charge in [0.25, 0.3) is 0 Å². The molecule has 1 saturated carbocycles. The monoisotopic (exact) mass is 360 g/mol. The van der Waals surface area contributed by atoms with Crippen molar-refractivity contribution in [3.63, 3.8) is 0 Å². The van der Waals surface area contributed by atoms with Crippen LogP contribution in [0.4, 0.5) is 4.79 Å². The van der Waals surface area contributed by atoms with Gasteiger partial charge in [0.15, 0.2) is 0 Å². The summed E-state index contributed by atoms with van der Waals surface area (Å²) < 4.78 is 1.79. The summed E-state index contributed by atoms with van der Waals surface area (Å²) in [6.07, 6.45) is 7.00. The lowest BCUT2D eigenvalue weighted by atomic mass is 10.1. The molecule has 2 amide bonds. The van der Waals surface area contributed by atoms with E-state index < -0.39 is 0 Å². The van der Waals surface area contributed by atoms with Crippen molar-refractivity contribution in [2.75, 3.05) is 6.54 Å². The van der Waals surface area contributed by atoms with Crippen LogP contribution >= 0.6 is 11.6 Å². The number of urea groups is 1. The van der Waals surface area contributed by atoms with Gasteiger partial charge in [-0.3, -0.25) is 0 Å². The minimum absolute atomic E-state index is 0.0300. The third-order valence-corrected chi connectivity index (χ3v) is 4.62. The number of rotatable bonds is 7. The Morgan fingerprint density at radius 1 is 1.36 bits per heavy atom. The molecular weight excluding hydrogens is 336 g/mol. The first kappa shape index (κ1) is 17.8. The van der Waals surface area contributed by atoms with E-state index in [2.05, 4.69) is 24.3 Å². The number of halogens is 1. The van der Waals surface area contributed by atoms with E-state index in [1.807, 2.05) is 35.4 Å². The molecule has 3 rings (SSSR count). The van der Waals surface area contributed by atoms with Crippen LogP contribution in [0, 0.1) is 5.92 Å². The van der Waals surface area contributed by atoms with Crippen LogP contribution in [0.1, 0.15) is 38.7 Å². The fourth-order valence-electron chi connectivity index (χ4n) is 2.70. The number of hydrogen-bond acceptors (Lipinski definition) is 2. The third kappa shape index (κ3) is 4.98. The van der Waals surface area contributed by atoms with Gasteiger partial charge in [-0.25, -0.2) is 9.48 Å². The van der Waals surface area contributed by atoms with Crippen LogP contribution in [0.2, 0.25) is 5.02 Å². The fraction of sp³-hybridized carbons (Fsp3) is 0.474. The lowest BCUT2D eigenvalue weighted by Gasteiger charge is -2.23. The maximum Gasteiger partial charge on any atom is 0.317 e. The summed E-state index contributed by atoms with van der Waals surface area (Å²) >= 11 is 5.91. The van der Waals surface area contributed by atoms with E-state index >= 15 is 0 Å². The zero-order chi connectivity index (χ0) is 17.8. The first-order valence-electron chi connectivity index (χ1n) is 8.87. The van der Waals surface area contributed by atoms with E-state index in [-0.39, 0.29) is 6.03 Å². The third-order valence-electron chi connectivity index (χ3n) is 4.37. The van der Waals surface area contributed by atoms with E-state index in [0.29, 0.717) is 23.5 Å². The van der Waals surface area contributed by atoms with Crippen molar-refractivity contribution in [1.82, 2.24) is 20.0 Å². The van der Waals surface area contributed by atoms with E-state index in [9.17, 15) is 4.79 Å². The molecule has 25 heavy (non-hydrogen) atoms. The Morgan fingerprint density at radius 2 is 2.08 bits per heavy atom. The van der Waals surface area contributed by atoms with Crippen LogP contribution in [-0.2, 0) is 6.54 Å². The second kappa shape index (κ2) is 7.91. The minimum Gasteiger partial charge on any atom is -0.334 e. The normalized spacial score (nSPS) is 13.9. The molecule has 6 heteroatoms. The summed E-state index contributed by atoms with van der Waals surface area (Å²) in [7, 11) is 0. The quantitative estimate of drug-likeness (QED) is 0.802. The molecule has 1 N–H and O–H groups in total. The summed E-state index contributed by atoms with van der Waals surface area (Å²) in [6, 6.07) is 7.96. The van der Waals surface area contributed by atoms with Crippen LogP contribution < -0.4 is 5.32 Å². The Labute approximate surface area is 154 Å². The van der Waals surface area contributed by atoms with Crippen molar-refractivity contribution in [2.45, 2.75) is 45.7 Å². The lowest BCUT2D eigenvalue weighted by Crippen LogP contribution is -2.41. The minimum atomic E-state index is 0.0300. The summed E-state index contributed by atoms with van der Waals surface area (Å²) in [5.41, 5.74) is 1.92. The largest absolute Gasteiger partial charge is 0.334 e. The molecule has 134 valence electrons. The lowest BCUT2D eigenvalue weighted by molar-refractivity contribution is 0.191. The Kier molecular flexibility index (Phi) is 5.63. The molecule has 0 aliphatic heterocycles. The van der Waals surface area contributed by atoms with Gasteiger partial charge in [0.2, 0.25) is 0 Å². The highest BCUT2D eigenvalue weighted by Gasteiger charge is 2.32. The fourth-order valence-corrected chi connectivity index (χ4v) is 2.83. The number of benzene rings is 1. The van der Waals surface area contributed by atoms with Gasteiger partial charge >= 0.3 is 6.03 Å². The molecular formula is C19H25ClN4O. The van der Waals surface area contributed by atoms with Crippen molar-refractivity contribution in [2.24, 2.45) is 5.92 Å². The number of amides is 2. The van der Waals surface area contributed by atoms with E-state index in [1.54, 1.807) is 10.9 Å². The number of carbonyl (C=O) groups is 1. The van der Waals surface area contributed by atoms with Crippen molar-refractivity contribution >= 4 is 17.6 Å². The van der Waals surface area contributed by atoms with Crippen LogP contribution in [0.15, 0.2) is 36.7 Å². The molecule has 0 unspecified atom stereocenters. The van der Waals surface area contributed by atoms with Crippen molar-refractivity contribution in [3.8, 4) is 5.69 Å². The van der Waals surface area contributed by atoms with Gasteiger partial charge in [-0.2, -0.15) is 5.10 Å². The predicted molar refractivity (Wildman–Crippen MR) is 100.0 cm³/mol. The number of nitrogens with zero attached hydrogens (tertiary/aromatic N) is 3. The summed E-state index contributed by atoms with van der Waals surface area (Å²) in [5.74, 6) is 0.603. The molecule has 1 heterocycles. The number of nitrogens with one attached hydrogen (secondary N) is 1. The maximum absolute atomic E-state index is 12.5. The molecule has 1 aromatic carbocycles. The van der Waals surface area contributed by atoms with E-state index in [0.717, 1.165) is 37.1 Å². The second-order valence-corrected chi connectivity index (χ2v) is 7.47. The van der Waals surface area contributed by atoms with Crippen molar-refractivity contribution < 1.29 is 4.79 Å². The summed E-state index contributed by atoms with van der Waals surface area (Å²) in [5, 5.41) is 8.08. The number of carbonyl (C=O) groups excluding carboxylic acids is 1. The molecule has 2 aromatic rings. The van der Waals surface area contributed by atoms with E-state index in [4.69, 9.17) is 11.6 Å². The predicted octanol–water partition coefficient (Wildman–Crippen LogP) is 4.25. The maximum atomic E-state index is 12.5. The van der Waals surface area contributed by atoms with Crippen LogP contribution in [0.5, 0.6) is 0 Å². The second-order valence-electron chi connectivity index (χ2n) is 7.04. The zero-order valence-corrected chi connectivity index (χ0v) is 15.5. The molecule has 0 saturated heterocycles. The average molecular weight is 361 g/mol. The van der Waals surface area contributed by atoms with Gasteiger partial charge in [-0.1, -0.05) is 25.4 Å². The highest BCUT2D eigenvalue weighted by molar-refractivity contribution is 6.30. The Morgan fingerprint density at radius 3 is 2.72 bits per heavy atom. The van der Waals surface area contributed by atoms with E-state index in [1.165, 1.54) is 0 Å². The molecule has 0 radical (unpaired) electrons. The topological polar surface area (TPSA) is 50.2 Å². The highest BCUT2D eigenvalue weighted by Crippen LogP contribution is 2.27.